The molecule has 8 nitrogen and oxygen atoms in total. The fourth-order valence-electron chi connectivity index (χ4n) is 7.69. The quantitative estimate of drug-likeness (QED) is 0.382. The predicted molar refractivity (Wildman–Crippen MR) is 158 cm³/mol. The molecule has 0 radical (unpaired) electrons. The van der Waals surface area contributed by atoms with Gasteiger partial charge in [0.05, 0.1) is 29.7 Å². The van der Waals surface area contributed by atoms with Gasteiger partial charge in [0.2, 0.25) is 10.0 Å². The fourth-order valence-corrected chi connectivity index (χ4v) is 8.45. The zero-order valence-corrected chi connectivity index (χ0v) is 24.7. The molecule has 0 aromatic heterocycles. The number of carboxylic acid groups (broad SMARTS) is 1. The van der Waals surface area contributed by atoms with Crippen LogP contribution in [0.5, 0.6) is 5.75 Å². The Morgan fingerprint density at radius 1 is 1.17 bits per heavy atom. The summed E-state index contributed by atoms with van der Waals surface area (Å²) in [5.74, 6) is 0.733. The number of aryl methyl sites for hydroxylation is 1. The highest BCUT2D eigenvalue weighted by atomic mass is 35.5. The molecule has 4 N–H and O–H groups in total. The third-order valence-corrected chi connectivity index (χ3v) is 11.2. The second-order valence-corrected chi connectivity index (χ2v) is 14.9. The van der Waals surface area contributed by atoms with Crippen molar-refractivity contribution in [2.75, 3.05) is 30.3 Å². The van der Waals surface area contributed by atoms with E-state index in [4.69, 9.17) is 21.5 Å². The van der Waals surface area contributed by atoms with E-state index in [1.54, 1.807) is 18.2 Å². The monoisotopic (exact) mass is 602 g/mol. The van der Waals surface area contributed by atoms with E-state index in [0.717, 1.165) is 55.7 Å². The number of fused-ring (bicyclic) bond motifs is 3. The van der Waals surface area contributed by atoms with E-state index >= 15 is 0 Å². The van der Waals surface area contributed by atoms with E-state index in [2.05, 4.69) is 17.0 Å². The molecule has 1 spiro atoms. The third-order valence-electron chi connectivity index (χ3n) is 10.1. The molecule has 2 aromatic rings. The van der Waals surface area contributed by atoms with Gasteiger partial charge in [-0.25, -0.2) is 18.4 Å². The molecular formula is C31H39ClN2O6S. The van der Waals surface area contributed by atoms with Gasteiger partial charge in [0.25, 0.3) is 0 Å². The van der Waals surface area contributed by atoms with Gasteiger partial charge in [-0.05, 0) is 116 Å². The Hall–Kier alpha value is -2.33. The predicted octanol–water partition coefficient (Wildman–Crippen LogP) is 4.60. The first kappa shape index (κ1) is 28.8. The average Bonchev–Trinajstić information content (AvgIpc) is 3.69. The zero-order valence-electron chi connectivity index (χ0n) is 23.2. The minimum atomic E-state index is -3.45. The van der Waals surface area contributed by atoms with Gasteiger partial charge >= 0.3 is 5.97 Å². The summed E-state index contributed by atoms with van der Waals surface area (Å²) in [6.07, 6.45) is 6.78. The lowest BCUT2D eigenvalue weighted by Crippen LogP contribution is -2.50. The molecule has 0 unspecified atom stereocenters. The molecule has 10 heteroatoms. The largest absolute Gasteiger partial charge is 0.490 e. The molecule has 2 aromatic carbocycles. The summed E-state index contributed by atoms with van der Waals surface area (Å²) >= 11 is 6.36. The third kappa shape index (κ3) is 5.96. The summed E-state index contributed by atoms with van der Waals surface area (Å²) < 4.78 is 29.0. The maximum Gasteiger partial charge on any atom is 0.335 e. The van der Waals surface area contributed by atoms with Crippen molar-refractivity contribution in [1.82, 2.24) is 0 Å². The molecular weight excluding hydrogens is 564 g/mol. The number of carbonyl (C=O) groups is 1. The highest BCUT2D eigenvalue weighted by Gasteiger charge is 2.50. The number of benzene rings is 2. The summed E-state index contributed by atoms with van der Waals surface area (Å²) in [6.45, 7) is 1.93. The molecule has 2 fully saturated rings. The Bertz CT molecular complexity index is 1430. The Morgan fingerprint density at radius 3 is 2.73 bits per heavy atom. The second kappa shape index (κ2) is 11.1. The average molecular weight is 603 g/mol. The number of aliphatic hydroxyl groups excluding tert-OH is 1. The summed E-state index contributed by atoms with van der Waals surface area (Å²) in [5.41, 5.74) is 3.30. The van der Waals surface area contributed by atoms with Crippen molar-refractivity contribution in [3.05, 3.63) is 58.1 Å². The number of halogens is 1. The lowest BCUT2D eigenvalue weighted by atomic mass is 9.68. The van der Waals surface area contributed by atoms with Gasteiger partial charge in [-0.15, -0.1) is 0 Å². The van der Waals surface area contributed by atoms with Gasteiger partial charge < -0.3 is 19.8 Å². The zero-order chi connectivity index (χ0) is 28.9. The van der Waals surface area contributed by atoms with Gasteiger partial charge in [0.15, 0.2) is 0 Å². The number of nitrogens with two attached hydrogens (primary N) is 1. The minimum absolute atomic E-state index is 0.00970. The number of aliphatic hydroxyl groups is 1. The highest BCUT2D eigenvalue weighted by Crippen LogP contribution is 2.52. The number of aromatic carboxylic acids is 1. The van der Waals surface area contributed by atoms with Crippen LogP contribution < -0.4 is 14.8 Å². The van der Waals surface area contributed by atoms with Crippen molar-refractivity contribution in [2.45, 2.75) is 62.9 Å². The SMILES string of the molecule is NS(=O)(=O)CCC[C@@H]1C[C@H]1[C@H](O)[C@@H]1CC[C@H]1CN1C[C@@]2(CCCc3cc(Cl)ccc32)COc2ccc(C(=O)O)cc21. The van der Waals surface area contributed by atoms with Crippen LogP contribution in [-0.4, -0.2) is 56.2 Å². The first-order valence-electron chi connectivity index (χ1n) is 14.8. The Kier molecular flexibility index (Phi) is 7.76. The molecule has 1 heterocycles. The number of ether oxygens (including phenoxy) is 1. The molecule has 41 heavy (non-hydrogen) atoms. The topological polar surface area (TPSA) is 130 Å². The molecule has 0 saturated heterocycles. The highest BCUT2D eigenvalue weighted by molar-refractivity contribution is 7.89. The van der Waals surface area contributed by atoms with Crippen molar-refractivity contribution in [3.8, 4) is 5.75 Å². The molecule has 222 valence electrons. The van der Waals surface area contributed by atoms with Crippen LogP contribution in [-0.2, 0) is 21.9 Å². The van der Waals surface area contributed by atoms with E-state index in [1.165, 1.54) is 11.1 Å². The van der Waals surface area contributed by atoms with Crippen molar-refractivity contribution < 1.29 is 28.2 Å². The number of rotatable bonds is 9. The molecule has 6 atom stereocenters. The number of anilines is 1. The van der Waals surface area contributed by atoms with E-state index in [-0.39, 0.29) is 34.5 Å². The summed E-state index contributed by atoms with van der Waals surface area (Å²) in [6, 6.07) is 11.3. The molecule has 4 aliphatic rings. The smallest absolute Gasteiger partial charge is 0.335 e. The standard InChI is InChI=1S/C31H39ClN2O6S/c32-23-7-9-26-20(13-23)3-1-11-31(26)17-34(27-15-21(30(36)37)6-10-28(27)40-18-31)16-22-5-8-24(22)29(35)25-14-19(25)4-2-12-41(33,38)39/h6-7,9-10,13,15,19,22,24-25,29,35H,1-5,8,11-12,14,16-18H2,(H,36,37)(H2,33,38,39)/t19-,22+,24-,25-,29-,31+/m1/s1. The van der Waals surface area contributed by atoms with Crippen LogP contribution >= 0.6 is 11.6 Å². The Labute approximate surface area is 246 Å². The summed E-state index contributed by atoms with van der Waals surface area (Å²) in [7, 11) is -3.45. The Morgan fingerprint density at radius 2 is 2.00 bits per heavy atom. The van der Waals surface area contributed by atoms with Crippen LogP contribution in [0.3, 0.4) is 0 Å². The first-order chi connectivity index (χ1) is 19.5. The van der Waals surface area contributed by atoms with E-state index in [9.17, 15) is 23.4 Å². The molecule has 2 saturated carbocycles. The molecule has 1 aliphatic heterocycles. The molecule has 0 bridgehead atoms. The van der Waals surface area contributed by atoms with E-state index < -0.39 is 22.1 Å². The molecule has 3 aliphatic carbocycles. The van der Waals surface area contributed by atoms with Crippen LogP contribution in [0.25, 0.3) is 0 Å². The summed E-state index contributed by atoms with van der Waals surface area (Å²) in [5, 5.41) is 27.0. The van der Waals surface area contributed by atoms with Crippen LogP contribution in [0.15, 0.2) is 36.4 Å². The van der Waals surface area contributed by atoms with Crippen LogP contribution in [0, 0.1) is 23.7 Å². The molecule has 6 rings (SSSR count). The maximum atomic E-state index is 11.9. The number of hydrogen-bond donors (Lipinski definition) is 3. The first-order valence-corrected chi connectivity index (χ1v) is 16.8. The van der Waals surface area contributed by atoms with Gasteiger partial charge in [0, 0.05) is 23.5 Å². The number of sulfonamides is 1. The van der Waals surface area contributed by atoms with Crippen molar-refractivity contribution in [2.24, 2.45) is 28.8 Å². The number of hydrogen-bond acceptors (Lipinski definition) is 6. The van der Waals surface area contributed by atoms with Crippen molar-refractivity contribution in [1.29, 1.82) is 0 Å². The van der Waals surface area contributed by atoms with Gasteiger partial charge in [0.1, 0.15) is 5.75 Å². The van der Waals surface area contributed by atoms with Crippen LogP contribution in [0.1, 0.15) is 66.4 Å². The fraction of sp³-hybridized carbons (Fsp3) is 0.581. The minimum Gasteiger partial charge on any atom is -0.490 e. The molecule has 0 amide bonds. The van der Waals surface area contributed by atoms with Crippen LogP contribution in [0.4, 0.5) is 5.69 Å². The number of nitrogens with zero attached hydrogens (tertiary/aromatic N) is 1. The maximum absolute atomic E-state index is 11.9. The van der Waals surface area contributed by atoms with Gasteiger partial charge in [-0.2, -0.15) is 0 Å². The van der Waals surface area contributed by atoms with E-state index in [0.29, 0.717) is 37.8 Å². The van der Waals surface area contributed by atoms with Crippen molar-refractivity contribution in [3.63, 3.8) is 0 Å². The normalized spacial score (nSPS) is 29.5. The van der Waals surface area contributed by atoms with Crippen molar-refractivity contribution >= 4 is 33.3 Å². The Balaban J connectivity index is 1.23. The van der Waals surface area contributed by atoms with Gasteiger partial charge in [-0.3, -0.25) is 0 Å². The van der Waals surface area contributed by atoms with Gasteiger partial charge in [-0.1, -0.05) is 17.7 Å². The van der Waals surface area contributed by atoms with Crippen LogP contribution in [0.2, 0.25) is 5.02 Å². The second-order valence-electron chi connectivity index (χ2n) is 12.8. The lowest BCUT2D eigenvalue weighted by molar-refractivity contribution is -0.00180. The number of primary sulfonamides is 1. The lowest BCUT2D eigenvalue weighted by Gasteiger charge is -2.46. The van der Waals surface area contributed by atoms with E-state index in [1.807, 2.05) is 6.07 Å². The number of carboxylic acids is 1. The summed E-state index contributed by atoms with van der Waals surface area (Å²) in [4.78, 5) is 14.2.